The molecule has 0 spiro atoms. The maximum Gasteiger partial charge on any atom is 0.335 e. The Morgan fingerprint density at radius 3 is 2.28 bits per heavy atom. The number of hydrogen-bond donors (Lipinski definition) is 4. The van der Waals surface area contributed by atoms with Crippen LogP contribution in [0.25, 0.3) is 11.1 Å². The van der Waals surface area contributed by atoms with E-state index in [1.807, 2.05) is 19.9 Å². The predicted octanol–water partition coefficient (Wildman–Crippen LogP) is 6.15. The van der Waals surface area contributed by atoms with Crippen molar-refractivity contribution in [1.29, 1.82) is 0 Å². The second kappa shape index (κ2) is 16.5. The van der Waals surface area contributed by atoms with Gasteiger partial charge in [-0.2, -0.15) is 0 Å². The first-order valence-electron chi connectivity index (χ1n) is 17.4. The van der Waals surface area contributed by atoms with Crippen molar-refractivity contribution in [3.05, 3.63) is 130 Å². The third-order valence-corrected chi connectivity index (χ3v) is 9.21. The Balaban J connectivity index is 0.00000266. The van der Waals surface area contributed by atoms with E-state index >= 15 is 4.39 Å². The van der Waals surface area contributed by atoms with Crippen LogP contribution < -0.4 is 21.9 Å². The summed E-state index contributed by atoms with van der Waals surface area (Å²) in [6.07, 6.45) is 3.07. The Kier molecular flexibility index (Phi) is 11.9. The molecule has 6 N–H and O–H groups in total. The van der Waals surface area contributed by atoms with Crippen molar-refractivity contribution in [2.24, 2.45) is 11.6 Å². The van der Waals surface area contributed by atoms with Crippen LogP contribution in [-0.4, -0.2) is 58.2 Å². The van der Waals surface area contributed by atoms with Crippen molar-refractivity contribution in [3.63, 3.8) is 0 Å². The molecule has 1 saturated heterocycles. The molecule has 0 aromatic heterocycles. The van der Waals surface area contributed by atoms with Crippen LogP contribution in [0.4, 0.5) is 20.2 Å². The number of hydrazine groups is 1. The van der Waals surface area contributed by atoms with Gasteiger partial charge in [-0.05, 0) is 96.5 Å². The maximum atomic E-state index is 15.0. The lowest BCUT2D eigenvalue weighted by Gasteiger charge is -2.37. The number of carboxylic acid groups (broad SMARTS) is 1. The monoisotopic (exact) mass is 724 g/mol. The second-order valence-electron chi connectivity index (χ2n) is 12.5. The molecule has 1 atom stereocenters. The first-order chi connectivity index (χ1) is 25.4. The Hall–Kier alpha value is -6.08. The van der Waals surface area contributed by atoms with E-state index in [9.17, 15) is 28.7 Å². The molecule has 13 heteroatoms. The second-order valence-corrected chi connectivity index (χ2v) is 12.5. The third kappa shape index (κ3) is 8.05. The highest BCUT2D eigenvalue weighted by molar-refractivity contribution is 6.02. The van der Waals surface area contributed by atoms with Crippen molar-refractivity contribution < 1.29 is 33.1 Å². The molecule has 0 saturated carbocycles. The summed E-state index contributed by atoms with van der Waals surface area (Å²) in [5, 5.41) is 13.0. The number of anilines is 2. The van der Waals surface area contributed by atoms with Crippen LogP contribution >= 0.6 is 0 Å². The molecule has 0 bridgehead atoms. The fourth-order valence-corrected chi connectivity index (χ4v) is 6.57. The number of carbonyl (C=O) groups excluding carboxylic acids is 3. The molecule has 0 radical (unpaired) electrons. The number of carboxylic acids is 1. The lowest BCUT2D eigenvalue weighted by molar-refractivity contribution is -0.136. The lowest BCUT2D eigenvalue weighted by atomic mass is 9.85. The van der Waals surface area contributed by atoms with E-state index < -0.39 is 35.5 Å². The number of benzene rings is 4. The molecule has 2 aliphatic rings. The van der Waals surface area contributed by atoms with E-state index in [2.05, 4.69) is 5.32 Å². The molecular weight excluding hydrogens is 682 g/mol. The van der Waals surface area contributed by atoms with E-state index in [-0.39, 0.29) is 47.1 Å². The minimum Gasteiger partial charge on any atom is -0.478 e. The Labute approximate surface area is 306 Å². The smallest absolute Gasteiger partial charge is 0.335 e. The van der Waals surface area contributed by atoms with Gasteiger partial charge in [0.15, 0.2) is 5.82 Å². The number of carbonyl (C=O) groups is 4. The zero-order valence-electron chi connectivity index (χ0n) is 29.7. The van der Waals surface area contributed by atoms with E-state index in [1.165, 1.54) is 47.4 Å². The van der Waals surface area contributed by atoms with Crippen LogP contribution in [0.2, 0.25) is 0 Å². The van der Waals surface area contributed by atoms with Gasteiger partial charge in [0, 0.05) is 25.3 Å². The van der Waals surface area contributed by atoms with Gasteiger partial charge in [0.05, 0.1) is 23.0 Å². The number of halogens is 2. The van der Waals surface area contributed by atoms with Crippen LogP contribution in [-0.2, 0) is 16.0 Å². The van der Waals surface area contributed by atoms with E-state index in [4.69, 9.17) is 11.6 Å². The molecule has 11 nitrogen and oxygen atoms in total. The van der Waals surface area contributed by atoms with Gasteiger partial charge in [-0.15, -0.1) is 0 Å². The van der Waals surface area contributed by atoms with Gasteiger partial charge in [-0.25, -0.2) is 19.4 Å². The van der Waals surface area contributed by atoms with E-state index in [0.717, 1.165) is 24.1 Å². The van der Waals surface area contributed by atoms with Gasteiger partial charge in [0.25, 0.3) is 17.7 Å². The summed E-state index contributed by atoms with van der Waals surface area (Å²) < 4.78 is 29.8. The summed E-state index contributed by atoms with van der Waals surface area (Å²) in [4.78, 5) is 55.6. The minimum absolute atomic E-state index is 0.0136. The highest BCUT2D eigenvalue weighted by Crippen LogP contribution is 2.38. The van der Waals surface area contributed by atoms with Gasteiger partial charge in [0.2, 0.25) is 0 Å². The minimum atomic E-state index is -1.24. The van der Waals surface area contributed by atoms with Gasteiger partial charge in [0.1, 0.15) is 17.6 Å². The topological polar surface area (TPSA) is 162 Å². The number of rotatable bonds is 8. The highest BCUT2D eigenvalue weighted by atomic mass is 19.1. The molecule has 4 aromatic rings. The van der Waals surface area contributed by atoms with Crippen molar-refractivity contribution in [2.45, 2.75) is 46.1 Å². The van der Waals surface area contributed by atoms with E-state index in [0.29, 0.717) is 40.9 Å². The molecule has 1 fully saturated rings. The predicted molar refractivity (Wildman–Crippen MR) is 199 cm³/mol. The van der Waals surface area contributed by atoms with Crippen LogP contribution in [0.3, 0.4) is 0 Å². The highest BCUT2D eigenvalue weighted by Gasteiger charge is 2.38. The number of nitrogens with zero attached hydrogens (tertiary/aromatic N) is 3. The molecule has 53 heavy (non-hydrogen) atoms. The largest absolute Gasteiger partial charge is 0.478 e. The zero-order chi connectivity index (χ0) is 38.4. The number of fused-ring (bicyclic) bond motifs is 1. The molecule has 0 aliphatic carbocycles. The summed E-state index contributed by atoms with van der Waals surface area (Å²) in [5.74, 6) is 2.00. The fraction of sp³-hybridized carbons (Fsp3) is 0.250. The number of amides is 3. The van der Waals surface area contributed by atoms with Gasteiger partial charge >= 0.3 is 5.97 Å². The Morgan fingerprint density at radius 1 is 0.925 bits per heavy atom. The van der Waals surface area contributed by atoms with Gasteiger partial charge < -0.3 is 26.0 Å². The van der Waals surface area contributed by atoms with E-state index in [1.54, 1.807) is 42.2 Å². The molecular formula is C40H42F2N6O5. The SMILES string of the molecule is CC.Cc1cccc(N(N)/C=C(\N)C(=O)N2CCc3c(-c4ccc(F)c(C(=O)N5CCCC5)c4)cccc3C2C(=O)Nc2ccc(C(=O)O)cc2)c1F. The maximum absolute atomic E-state index is 15.0. The number of aryl methyl sites for hydroxylation is 1. The zero-order valence-corrected chi connectivity index (χ0v) is 29.7. The number of nitrogens with two attached hydrogens (primary N) is 2. The number of aromatic carboxylic acids is 1. The number of likely N-dealkylation sites (tertiary alicyclic amines) is 1. The summed E-state index contributed by atoms with van der Waals surface area (Å²) in [7, 11) is 0. The van der Waals surface area contributed by atoms with Gasteiger partial charge in [-0.3, -0.25) is 19.4 Å². The quantitative estimate of drug-likeness (QED) is 0.0957. The average molecular weight is 725 g/mol. The number of hydrogen-bond acceptors (Lipinski definition) is 7. The normalized spacial score (nSPS) is 15.2. The van der Waals surface area contributed by atoms with Crippen molar-refractivity contribution >= 4 is 35.1 Å². The number of nitrogens with one attached hydrogen (secondary N) is 1. The summed E-state index contributed by atoms with van der Waals surface area (Å²) >= 11 is 0. The molecule has 276 valence electrons. The summed E-state index contributed by atoms with van der Waals surface area (Å²) in [6, 6.07) is 18.5. The van der Waals surface area contributed by atoms with Crippen LogP contribution in [0.1, 0.15) is 70.1 Å². The first kappa shape index (κ1) is 38.2. The molecule has 3 amide bonds. The third-order valence-electron chi connectivity index (χ3n) is 9.21. The standard InChI is InChI=1S/C38H36F2N6O5.C2H6/c1-22-6-4-9-32(33(22)40)46(42)21-31(41)37(49)45-19-16-27-26(24-12-15-30(39)29(20-24)36(48)44-17-2-3-18-44)7-5-8-28(27)34(45)35(47)43-25-13-10-23(11-14-25)38(50)51;1-2/h4-15,20-21,34H,2-3,16-19,41-42H2,1H3,(H,43,47)(H,50,51);1-2H3/b31-21-;. The molecule has 4 aromatic carbocycles. The molecule has 6 rings (SSSR count). The van der Waals surface area contributed by atoms with Gasteiger partial charge in [-0.1, -0.05) is 50.2 Å². The average Bonchev–Trinajstić information content (AvgIpc) is 3.71. The fourth-order valence-electron chi connectivity index (χ4n) is 6.57. The van der Waals surface area contributed by atoms with Crippen LogP contribution in [0.5, 0.6) is 0 Å². The Morgan fingerprint density at radius 2 is 1.60 bits per heavy atom. The summed E-state index contributed by atoms with van der Waals surface area (Å²) in [6.45, 7) is 6.71. The van der Waals surface area contributed by atoms with Crippen molar-refractivity contribution in [1.82, 2.24) is 9.80 Å². The Bertz CT molecular complexity index is 2060. The first-order valence-corrected chi connectivity index (χ1v) is 17.4. The van der Waals surface area contributed by atoms with Crippen LogP contribution in [0, 0.1) is 18.6 Å². The molecule has 2 heterocycles. The van der Waals surface area contributed by atoms with Crippen molar-refractivity contribution in [3.8, 4) is 11.1 Å². The molecule has 2 aliphatic heterocycles. The summed E-state index contributed by atoms with van der Waals surface area (Å²) in [5.41, 5.74) is 8.88. The van der Waals surface area contributed by atoms with Crippen molar-refractivity contribution in [2.75, 3.05) is 30.0 Å². The van der Waals surface area contributed by atoms with Crippen LogP contribution in [0.15, 0.2) is 90.8 Å². The lowest BCUT2D eigenvalue weighted by Crippen LogP contribution is -2.47. The molecule has 1 unspecified atom stereocenters.